The fourth-order valence-electron chi connectivity index (χ4n) is 1.44. The predicted molar refractivity (Wildman–Crippen MR) is 56.7 cm³/mol. The van der Waals surface area contributed by atoms with E-state index in [9.17, 15) is 14.0 Å². The number of carbonyl (C=O) groups is 2. The van der Waals surface area contributed by atoms with Gasteiger partial charge < -0.3 is 9.90 Å². The van der Waals surface area contributed by atoms with E-state index in [0.29, 0.717) is 12.0 Å². The van der Waals surface area contributed by atoms with Gasteiger partial charge in [-0.3, -0.25) is 4.79 Å². The third kappa shape index (κ3) is 3.46. The third-order valence-electron chi connectivity index (χ3n) is 2.25. The predicted octanol–water partition coefficient (Wildman–Crippen LogP) is 1.83. The highest BCUT2D eigenvalue weighted by Crippen LogP contribution is 2.14. The molecule has 0 saturated carbocycles. The standard InChI is InChI=1S/C12H13FO3/c1-8(7-14)4-9-2-3-10(6-12(15)16)11(13)5-9/h2-3,5,7-8H,4,6H2,1H3,(H,15,16). The molecule has 16 heavy (non-hydrogen) atoms. The van der Waals surface area contributed by atoms with Crippen LogP contribution < -0.4 is 0 Å². The Morgan fingerprint density at radius 1 is 1.56 bits per heavy atom. The minimum atomic E-state index is -1.06. The zero-order chi connectivity index (χ0) is 12.1. The molecule has 1 rings (SSSR count). The number of carbonyl (C=O) groups excluding carboxylic acids is 1. The number of hydrogen-bond acceptors (Lipinski definition) is 2. The molecule has 0 amide bonds. The second kappa shape index (κ2) is 5.39. The van der Waals surface area contributed by atoms with Gasteiger partial charge in [0.25, 0.3) is 0 Å². The van der Waals surface area contributed by atoms with E-state index >= 15 is 0 Å². The molecule has 1 aromatic carbocycles. The topological polar surface area (TPSA) is 54.4 Å². The van der Waals surface area contributed by atoms with Crippen molar-refractivity contribution >= 4 is 12.3 Å². The van der Waals surface area contributed by atoms with Crippen LogP contribution in [-0.4, -0.2) is 17.4 Å². The Kier molecular flexibility index (Phi) is 4.17. The molecule has 0 bridgehead atoms. The van der Waals surface area contributed by atoms with E-state index < -0.39 is 11.8 Å². The summed E-state index contributed by atoms with van der Waals surface area (Å²) >= 11 is 0. The van der Waals surface area contributed by atoms with Gasteiger partial charge in [-0.05, 0) is 23.6 Å². The molecule has 0 heterocycles. The Bertz CT molecular complexity index is 401. The van der Waals surface area contributed by atoms with Crippen molar-refractivity contribution in [1.82, 2.24) is 0 Å². The summed E-state index contributed by atoms with van der Waals surface area (Å²) in [5.41, 5.74) is 0.862. The molecule has 0 spiro atoms. The van der Waals surface area contributed by atoms with Crippen LogP contribution in [0.3, 0.4) is 0 Å². The van der Waals surface area contributed by atoms with Gasteiger partial charge in [0.05, 0.1) is 6.42 Å². The fourth-order valence-corrected chi connectivity index (χ4v) is 1.44. The monoisotopic (exact) mass is 224 g/mol. The quantitative estimate of drug-likeness (QED) is 0.776. The van der Waals surface area contributed by atoms with Crippen molar-refractivity contribution in [1.29, 1.82) is 0 Å². The molecule has 86 valence electrons. The van der Waals surface area contributed by atoms with Crippen molar-refractivity contribution in [3.05, 3.63) is 35.1 Å². The zero-order valence-electron chi connectivity index (χ0n) is 8.94. The van der Waals surface area contributed by atoms with Gasteiger partial charge in [0.1, 0.15) is 12.1 Å². The van der Waals surface area contributed by atoms with Gasteiger partial charge in [-0.1, -0.05) is 19.1 Å². The lowest BCUT2D eigenvalue weighted by Crippen LogP contribution is -2.05. The molecule has 3 nitrogen and oxygen atoms in total. The van der Waals surface area contributed by atoms with Gasteiger partial charge in [0, 0.05) is 5.92 Å². The maximum atomic E-state index is 13.4. The van der Waals surface area contributed by atoms with Gasteiger partial charge in [-0.25, -0.2) is 4.39 Å². The van der Waals surface area contributed by atoms with Gasteiger partial charge in [0.2, 0.25) is 0 Å². The number of halogens is 1. The van der Waals surface area contributed by atoms with Crippen LogP contribution in [0, 0.1) is 11.7 Å². The van der Waals surface area contributed by atoms with E-state index in [1.54, 1.807) is 13.0 Å². The first kappa shape index (κ1) is 12.4. The van der Waals surface area contributed by atoms with Crippen LogP contribution in [0.1, 0.15) is 18.1 Å². The van der Waals surface area contributed by atoms with Gasteiger partial charge >= 0.3 is 5.97 Å². The molecule has 0 fully saturated rings. The van der Waals surface area contributed by atoms with Crippen LogP contribution in [0.25, 0.3) is 0 Å². The van der Waals surface area contributed by atoms with E-state index in [1.807, 2.05) is 0 Å². The van der Waals surface area contributed by atoms with E-state index in [4.69, 9.17) is 5.11 Å². The highest BCUT2D eigenvalue weighted by molar-refractivity contribution is 5.70. The van der Waals surface area contributed by atoms with Crippen LogP contribution in [0.5, 0.6) is 0 Å². The van der Waals surface area contributed by atoms with E-state index in [1.165, 1.54) is 12.1 Å². The number of benzene rings is 1. The van der Waals surface area contributed by atoms with E-state index in [-0.39, 0.29) is 17.9 Å². The SMILES string of the molecule is CC(C=O)Cc1ccc(CC(=O)O)c(F)c1. The molecule has 0 aliphatic rings. The summed E-state index contributed by atoms with van der Waals surface area (Å²) in [6, 6.07) is 4.40. The van der Waals surface area contributed by atoms with Crippen molar-refractivity contribution in [3.63, 3.8) is 0 Å². The van der Waals surface area contributed by atoms with Crippen molar-refractivity contribution < 1.29 is 19.1 Å². The Morgan fingerprint density at radius 2 is 2.25 bits per heavy atom. The molecule has 1 N–H and O–H groups in total. The molecule has 0 aromatic heterocycles. The summed E-state index contributed by atoms with van der Waals surface area (Å²) in [5.74, 6) is -1.75. The average Bonchev–Trinajstić information content (AvgIpc) is 2.21. The van der Waals surface area contributed by atoms with Crippen molar-refractivity contribution in [3.8, 4) is 0 Å². The first-order chi connectivity index (χ1) is 7.52. The average molecular weight is 224 g/mol. The molecule has 0 aliphatic heterocycles. The summed E-state index contributed by atoms with van der Waals surface area (Å²) in [6.07, 6.45) is 0.951. The molecular weight excluding hydrogens is 211 g/mol. The van der Waals surface area contributed by atoms with Crippen molar-refractivity contribution in [2.24, 2.45) is 5.92 Å². The molecule has 0 aliphatic carbocycles. The number of carboxylic acids is 1. The van der Waals surface area contributed by atoms with Crippen molar-refractivity contribution in [2.45, 2.75) is 19.8 Å². The number of hydrogen-bond donors (Lipinski definition) is 1. The summed E-state index contributed by atoms with van der Waals surface area (Å²) in [4.78, 5) is 20.9. The van der Waals surface area contributed by atoms with E-state index in [2.05, 4.69) is 0 Å². The summed E-state index contributed by atoms with van der Waals surface area (Å²) in [5, 5.41) is 8.53. The highest BCUT2D eigenvalue weighted by Gasteiger charge is 2.09. The van der Waals surface area contributed by atoms with Crippen LogP contribution in [0.2, 0.25) is 0 Å². The first-order valence-electron chi connectivity index (χ1n) is 4.97. The van der Waals surface area contributed by atoms with Crippen LogP contribution in [0.15, 0.2) is 18.2 Å². The van der Waals surface area contributed by atoms with Gasteiger partial charge in [-0.2, -0.15) is 0 Å². The summed E-state index contributed by atoms with van der Waals surface area (Å²) < 4.78 is 13.4. The lowest BCUT2D eigenvalue weighted by molar-refractivity contribution is -0.136. The maximum absolute atomic E-state index is 13.4. The number of rotatable bonds is 5. The minimum absolute atomic E-state index is 0.162. The number of carboxylic acid groups (broad SMARTS) is 1. The van der Waals surface area contributed by atoms with Gasteiger partial charge in [0.15, 0.2) is 0 Å². The first-order valence-corrected chi connectivity index (χ1v) is 4.97. The Hall–Kier alpha value is -1.71. The Morgan fingerprint density at radius 3 is 2.75 bits per heavy atom. The van der Waals surface area contributed by atoms with Crippen LogP contribution >= 0.6 is 0 Å². The van der Waals surface area contributed by atoms with Crippen molar-refractivity contribution in [2.75, 3.05) is 0 Å². The largest absolute Gasteiger partial charge is 0.481 e. The van der Waals surface area contributed by atoms with Gasteiger partial charge in [-0.15, -0.1) is 0 Å². The number of aliphatic carboxylic acids is 1. The Balaban J connectivity index is 2.82. The maximum Gasteiger partial charge on any atom is 0.307 e. The van der Waals surface area contributed by atoms with Crippen LogP contribution in [0.4, 0.5) is 4.39 Å². The molecular formula is C12H13FO3. The summed E-state index contributed by atoms with van der Waals surface area (Å²) in [7, 11) is 0. The van der Waals surface area contributed by atoms with E-state index in [0.717, 1.165) is 6.29 Å². The molecule has 1 unspecified atom stereocenters. The number of aldehydes is 1. The lowest BCUT2D eigenvalue weighted by atomic mass is 10.0. The highest BCUT2D eigenvalue weighted by atomic mass is 19.1. The minimum Gasteiger partial charge on any atom is -0.481 e. The second-order valence-electron chi connectivity index (χ2n) is 3.81. The lowest BCUT2D eigenvalue weighted by Gasteiger charge is -2.06. The third-order valence-corrected chi connectivity index (χ3v) is 2.25. The second-order valence-corrected chi connectivity index (χ2v) is 3.81. The van der Waals surface area contributed by atoms with Crippen LogP contribution in [-0.2, 0) is 22.4 Å². The summed E-state index contributed by atoms with van der Waals surface area (Å²) in [6.45, 7) is 1.75. The normalized spacial score (nSPS) is 12.1. The molecule has 1 atom stereocenters. The smallest absolute Gasteiger partial charge is 0.307 e. The molecule has 1 aromatic rings. The fraction of sp³-hybridized carbons (Fsp3) is 0.333. The molecule has 4 heteroatoms. The Labute approximate surface area is 92.9 Å². The molecule has 0 radical (unpaired) electrons. The molecule has 0 saturated heterocycles. The zero-order valence-corrected chi connectivity index (χ0v) is 8.94.